The minimum absolute atomic E-state index is 0.130. The first-order valence-corrected chi connectivity index (χ1v) is 7.72. The molecule has 0 atom stereocenters. The van der Waals surface area contributed by atoms with Crippen LogP contribution < -0.4 is 11.1 Å². The van der Waals surface area contributed by atoms with Crippen LogP contribution in [0.4, 0.5) is 0 Å². The molecule has 5 nitrogen and oxygen atoms in total. The van der Waals surface area contributed by atoms with Crippen molar-refractivity contribution in [2.75, 3.05) is 19.7 Å². The van der Waals surface area contributed by atoms with Crippen molar-refractivity contribution in [1.82, 2.24) is 10.3 Å². The molecule has 1 heterocycles. The summed E-state index contributed by atoms with van der Waals surface area (Å²) in [4.78, 5) is 16.0. The Balaban J connectivity index is 1.65. The molecule has 0 aromatic carbocycles. The number of hydrogen-bond donors (Lipinski definition) is 2. The lowest BCUT2D eigenvalue weighted by molar-refractivity contribution is 0.0581. The zero-order valence-electron chi connectivity index (χ0n) is 11.1. The summed E-state index contributed by atoms with van der Waals surface area (Å²) in [7, 11) is 0. The van der Waals surface area contributed by atoms with Crippen LogP contribution in [0.25, 0.3) is 0 Å². The Hall–Kier alpha value is -0.980. The number of amides is 1. The fourth-order valence-electron chi connectivity index (χ4n) is 2.19. The lowest BCUT2D eigenvalue weighted by atomic mass is 10.3. The molecule has 0 unspecified atom stereocenters. The third-order valence-electron chi connectivity index (χ3n) is 3.19. The van der Waals surface area contributed by atoms with E-state index in [4.69, 9.17) is 10.5 Å². The number of carbonyl (C=O) groups excluding carboxylic acids is 1. The Morgan fingerprint density at radius 1 is 1.53 bits per heavy atom. The van der Waals surface area contributed by atoms with Crippen LogP contribution >= 0.6 is 11.3 Å². The molecule has 3 N–H and O–H groups in total. The molecule has 1 aliphatic rings. The molecule has 0 bridgehead atoms. The third kappa shape index (κ3) is 4.56. The van der Waals surface area contributed by atoms with Crippen LogP contribution in [-0.2, 0) is 11.2 Å². The third-order valence-corrected chi connectivity index (χ3v) is 4.09. The number of ether oxygens (including phenoxy) is 1. The van der Waals surface area contributed by atoms with Crippen LogP contribution in [0.3, 0.4) is 0 Å². The van der Waals surface area contributed by atoms with Gasteiger partial charge in [-0.3, -0.25) is 4.79 Å². The number of hydrogen-bond acceptors (Lipinski definition) is 5. The Kier molecular flexibility index (Phi) is 5.75. The highest BCUT2D eigenvalue weighted by Crippen LogP contribution is 2.20. The lowest BCUT2D eigenvalue weighted by Gasteiger charge is -2.10. The van der Waals surface area contributed by atoms with Gasteiger partial charge in [-0.1, -0.05) is 12.8 Å². The molecule has 19 heavy (non-hydrogen) atoms. The van der Waals surface area contributed by atoms with E-state index >= 15 is 0 Å². The van der Waals surface area contributed by atoms with Gasteiger partial charge in [-0.2, -0.15) is 0 Å². The topological polar surface area (TPSA) is 77.2 Å². The Bertz CT molecular complexity index is 402. The van der Waals surface area contributed by atoms with Crippen LogP contribution in [-0.4, -0.2) is 36.7 Å². The average Bonchev–Trinajstić information content (AvgIpc) is 3.06. The number of nitrogens with zero attached hydrogens (tertiary/aromatic N) is 1. The molecule has 6 heteroatoms. The fourth-order valence-corrected chi connectivity index (χ4v) is 2.98. The zero-order chi connectivity index (χ0) is 13.5. The minimum atomic E-state index is -0.130. The largest absolute Gasteiger partial charge is 0.376 e. The SMILES string of the molecule is NCCc1nc(C(=O)NCCOC2CCCC2)cs1. The van der Waals surface area contributed by atoms with E-state index in [1.165, 1.54) is 24.2 Å². The standard InChI is InChI=1S/C13H21N3O2S/c14-6-5-12-16-11(9-19-12)13(17)15-7-8-18-10-3-1-2-4-10/h9-10H,1-8,14H2,(H,15,17). The van der Waals surface area contributed by atoms with E-state index in [0.29, 0.717) is 31.5 Å². The van der Waals surface area contributed by atoms with Gasteiger partial charge >= 0.3 is 0 Å². The van der Waals surface area contributed by atoms with Crippen LogP contribution in [0.15, 0.2) is 5.38 Å². The average molecular weight is 283 g/mol. The maximum Gasteiger partial charge on any atom is 0.270 e. The predicted molar refractivity (Wildman–Crippen MR) is 75.4 cm³/mol. The van der Waals surface area contributed by atoms with Crippen LogP contribution in [0.5, 0.6) is 0 Å². The second kappa shape index (κ2) is 7.57. The summed E-state index contributed by atoms with van der Waals surface area (Å²) in [6.07, 6.45) is 5.96. The van der Waals surface area contributed by atoms with Crippen molar-refractivity contribution in [3.63, 3.8) is 0 Å². The number of nitrogens with one attached hydrogen (secondary N) is 1. The highest BCUT2D eigenvalue weighted by atomic mass is 32.1. The summed E-state index contributed by atoms with van der Waals surface area (Å²) in [5.41, 5.74) is 5.93. The molecular weight excluding hydrogens is 262 g/mol. The molecule has 1 amide bonds. The molecular formula is C13H21N3O2S. The maximum atomic E-state index is 11.8. The van der Waals surface area contributed by atoms with Crippen LogP contribution in [0.1, 0.15) is 41.2 Å². The van der Waals surface area contributed by atoms with Crippen molar-refractivity contribution in [3.8, 4) is 0 Å². The van der Waals surface area contributed by atoms with E-state index in [-0.39, 0.29) is 5.91 Å². The second-order valence-corrected chi connectivity index (χ2v) is 5.64. The number of rotatable bonds is 7. The zero-order valence-corrected chi connectivity index (χ0v) is 11.9. The van der Waals surface area contributed by atoms with Crippen molar-refractivity contribution < 1.29 is 9.53 Å². The fraction of sp³-hybridized carbons (Fsp3) is 0.692. The first kappa shape index (κ1) is 14.4. The molecule has 1 aromatic heterocycles. The van der Waals surface area contributed by atoms with Crippen molar-refractivity contribution in [2.45, 2.75) is 38.2 Å². The summed E-state index contributed by atoms with van der Waals surface area (Å²) in [6, 6.07) is 0. The summed E-state index contributed by atoms with van der Waals surface area (Å²) in [5.74, 6) is -0.130. The lowest BCUT2D eigenvalue weighted by Crippen LogP contribution is -2.28. The van der Waals surface area contributed by atoms with Crippen molar-refractivity contribution in [3.05, 3.63) is 16.1 Å². The van der Waals surface area contributed by atoms with E-state index < -0.39 is 0 Å². The molecule has 1 aliphatic carbocycles. The summed E-state index contributed by atoms with van der Waals surface area (Å²) < 4.78 is 5.68. The quantitative estimate of drug-likeness (QED) is 0.740. The maximum absolute atomic E-state index is 11.8. The number of thiazole rings is 1. The van der Waals surface area contributed by atoms with Crippen molar-refractivity contribution in [2.24, 2.45) is 5.73 Å². The van der Waals surface area contributed by atoms with Crippen LogP contribution in [0, 0.1) is 0 Å². The summed E-state index contributed by atoms with van der Waals surface area (Å²) in [6.45, 7) is 1.68. The van der Waals surface area contributed by atoms with Gasteiger partial charge < -0.3 is 15.8 Å². The molecule has 106 valence electrons. The van der Waals surface area contributed by atoms with Gasteiger partial charge in [0, 0.05) is 18.3 Å². The predicted octanol–water partition coefficient (Wildman–Crippen LogP) is 1.33. The van der Waals surface area contributed by atoms with Gasteiger partial charge in [0.05, 0.1) is 17.7 Å². The Morgan fingerprint density at radius 2 is 2.32 bits per heavy atom. The monoisotopic (exact) mass is 283 g/mol. The van der Waals surface area contributed by atoms with E-state index in [2.05, 4.69) is 10.3 Å². The Morgan fingerprint density at radius 3 is 3.05 bits per heavy atom. The molecule has 0 radical (unpaired) electrons. The number of aromatic nitrogens is 1. The smallest absolute Gasteiger partial charge is 0.270 e. The second-order valence-electron chi connectivity index (χ2n) is 4.70. The normalized spacial score (nSPS) is 15.8. The Labute approximate surface area is 117 Å². The molecule has 0 spiro atoms. The number of carbonyl (C=O) groups is 1. The molecule has 1 fully saturated rings. The van der Waals surface area contributed by atoms with Gasteiger partial charge in [0.1, 0.15) is 5.69 Å². The van der Waals surface area contributed by atoms with E-state index in [0.717, 1.165) is 24.3 Å². The summed E-state index contributed by atoms with van der Waals surface area (Å²) in [5, 5.41) is 5.52. The van der Waals surface area contributed by atoms with Gasteiger partial charge in [0.2, 0.25) is 0 Å². The van der Waals surface area contributed by atoms with Crippen molar-refractivity contribution in [1.29, 1.82) is 0 Å². The van der Waals surface area contributed by atoms with Gasteiger partial charge in [-0.05, 0) is 19.4 Å². The van der Waals surface area contributed by atoms with E-state index in [1.807, 2.05) is 0 Å². The van der Waals surface area contributed by atoms with Gasteiger partial charge in [0.25, 0.3) is 5.91 Å². The first-order chi connectivity index (χ1) is 9.29. The van der Waals surface area contributed by atoms with E-state index in [9.17, 15) is 4.79 Å². The molecule has 0 saturated heterocycles. The molecule has 1 saturated carbocycles. The number of nitrogens with two attached hydrogens (primary N) is 1. The van der Waals surface area contributed by atoms with E-state index in [1.54, 1.807) is 5.38 Å². The first-order valence-electron chi connectivity index (χ1n) is 6.84. The highest BCUT2D eigenvalue weighted by Gasteiger charge is 2.15. The van der Waals surface area contributed by atoms with Crippen LogP contribution in [0.2, 0.25) is 0 Å². The van der Waals surface area contributed by atoms with Gasteiger partial charge in [-0.25, -0.2) is 4.98 Å². The van der Waals surface area contributed by atoms with Crippen molar-refractivity contribution >= 4 is 17.2 Å². The molecule has 1 aromatic rings. The highest BCUT2D eigenvalue weighted by molar-refractivity contribution is 7.09. The molecule has 2 rings (SSSR count). The van der Waals surface area contributed by atoms with Gasteiger partial charge in [-0.15, -0.1) is 11.3 Å². The summed E-state index contributed by atoms with van der Waals surface area (Å²) >= 11 is 1.48. The molecule has 0 aliphatic heterocycles. The minimum Gasteiger partial charge on any atom is -0.376 e. The van der Waals surface area contributed by atoms with Gasteiger partial charge in [0.15, 0.2) is 0 Å².